The molecule has 0 saturated carbocycles. The van der Waals surface area contributed by atoms with Gasteiger partial charge in [0.05, 0.1) is 11.3 Å². The summed E-state index contributed by atoms with van der Waals surface area (Å²) in [5.41, 5.74) is 3.18. The quantitative estimate of drug-likeness (QED) is 0.601. The van der Waals surface area contributed by atoms with Gasteiger partial charge in [0, 0.05) is 27.1 Å². The second kappa shape index (κ2) is 6.19. The van der Waals surface area contributed by atoms with Gasteiger partial charge in [-0.15, -0.1) is 0 Å². The smallest absolute Gasteiger partial charge is 0.102 e. The minimum atomic E-state index is -0.177. The fourth-order valence-corrected chi connectivity index (χ4v) is 3.10. The molecule has 3 heteroatoms. The van der Waals surface area contributed by atoms with Gasteiger partial charge in [-0.3, -0.25) is 0 Å². The molecule has 0 bridgehead atoms. The lowest BCUT2D eigenvalue weighted by atomic mass is 9.93. The minimum absolute atomic E-state index is 0.177. The number of halogens is 1. The third-order valence-electron chi connectivity index (χ3n) is 3.83. The van der Waals surface area contributed by atoms with Crippen LogP contribution in [0, 0.1) is 11.3 Å². The Morgan fingerprint density at radius 3 is 2.29 bits per heavy atom. The predicted molar refractivity (Wildman–Crippen MR) is 102 cm³/mol. The van der Waals surface area contributed by atoms with Gasteiger partial charge in [0.25, 0.3) is 0 Å². The fraction of sp³-hybridized carbons (Fsp3) is 0.190. The van der Waals surface area contributed by atoms with Crippen molar-refractivity contribution in [2.45, 2.75) is 26.3 Å². The van der Waals surface area contributed by atoms with Gasteiger partial charge >= 0.3 is 0 Å². The summed E-state index contributed by atoms with van der Waals surface area (Å²) >= 11 is 6.44. The summed E-state index contributed by atoms with van der Waals surface area (Å²) in [6.45, 7) is 6.25. The summed E-state index contributed by atoms with van der Waals surface area (Å²) in [6, 6.07) is 20.2. The Morgan fingerprint density at radius 2 is 1.62 bits per heavy atom. The van der Waals surface area contributed by atoms with Crippen LogP contribution in [0.15, 0.2) is 54.6 Å². The zero-order valence-corrected chi connectivity index (χ0v) is 14.8. The molecule has 0 heterocycles. The van der Waals surface area contributed by atoms with Crippen molar-refractivity contribution in [3.05, 3.63) is 65.2 Å². The summed E-state index contributed by atoms with van der Waals surface area (Å²) in [5, 5.41) is 16.0. The molecule has 0 unspecified atom stereocenters. The fourth-order valence-electron chi connectivity index (χ4n) is 2.86. The normalized spacial score (nSPS) is 11.3. The van der Waals surface area contributed by atoms with Crippen molar-refractivity contribution >= 4 is 28.1 Å². The maximum Gasteiger partial charge on any atom is 0.102 e. The van der Waals surface area contributed by atoms with Gasteiger partial charge in [0.2, 0.25) is 0 Å². The molecule has 3 aromatic rings. The zero-order valence-electron chi connectivity index (χ0n) is 14.0. The van der Waals surface area contributed by atoms with Crippen molar-refractivity contribution in [3.63, 3.8) is 0 Å². The number of hydrogen-bond donors (Lipinski definition) is 1. The number of hydrogen-bond acceptors (Lipinski definition) is 2. The van der Waals surface area contributed by atoms with Crippen LogP contribution in [0.25, 0.3) is 21.9 Å². The van der Waals surface area contributed by atoms with Crippen LogP contribution >= 0.6 is 11.6 Å². The number of nitrogens with zero attached hydrogens (tertiary/aromatic N) is 1. The van der Waals surface area contributed by atoms with Gasteiger partial charge in [-0.05, 0) is 38.3 Å². The summed E-state index contributed by atoms with van der Waals surface area (Å²) in [7, 11) is 0. The Bertz CT molecular complexity index is 946. The van der Waals surface area contributed by atoms with Gasteiger partial charge < -0.3 is 5.32 Å². The number of benzene rings is 3. The predicted octanol–water partition coefficient (Wildman–Crippen LogP) is 6.24. The molecule has 0 amide bonds. The molecule has 0 aromatic heterocycles. The third kappa shape index (κ3) is 3.09. The van der Waals surface area contributed by atoms with Crippen molar-refractivity contribution in [2.24, 2.45) is 0 Å². The van der Waals surface area contributed by atoms with E-state index < -0.39 is 0 Å². The van der Waals surface area contributed by atoms with E-state index in [9.17, 15) is 5.26 Å². The standard InChI is InChI=1S/C21H19ClN2/c1-21(2,3)24-20-17(16-10-6-7-11-19(16)22)12-14-8-4-5-9-15(14)18(20)13-23/h4-12,24H,1-3H3. The highest BCUT2D eigenvalue weighted by atomic mass is 35.5. The Labute approximate surface area is 147 Å². The highest BCUT2D eigenvalue weighted by Gasteiger charge is 2.20. The highest BCUT2D eigenvalue weighted by Crippen LogP contribution is 2.40. The van der Waals surface area contributed by atoms with Crippen LogP contribution in [0.5, 0.6) is 0 Å². The first-order chi connectivity index (χ1) is 11.4. The van der Waals surface area contributed by atoms with Crippen molar-refractivity contribution in [2.75, 3.05) is 5.32 Å². The van der Waals surface area contributed by atoms with E-state index in [4.69, 9.17) is 11.6 Å². The van der Waals surface area contributed by atoms with Crippen molar-refractivity contribution in [3.8, 4) is 17.2 Å². The summed E-state index contributed by atoms with van der Waals surface area (Å²) < 4.78 is 0. The van der Waals surface area contributed by atoms with E-state index in [0.717, 1.165) is 27.6 Å². The first kappa shape index (κ1) is 16.4. The molecule has 3 rings (SSSR count). The molecule has 0 aliphatic carbocycles. The molecule has 0 spiro atoms. The number of rotatable bonds is 2. The Balaban J connectivity index is 2.41. The van der Waals surface area contributed by atoms with Crippen LogP contribution in [0.3, 0.4) is 0 Å². The molecule has 1 N–H and O–H groups in total. The van der Waals surface area contributed by atoms with Crippen LogP contribution in [0.1, 0.15) is 26.3 Å². The minimum Gasteiger partial charge on any atom is -0.379 e. The summed E-state index contributed by atoms with van der Waals surface area (Å²) in [6.07, 6.45) is 0. The van der Waals surface area contributed by atoms with Crippen LogP contribution < -0.4 is 5.32 Å². The lowest BCUT2D eigenvalue weighted by Gasteiger charge is -2.26. The van der Waals surface area contributed by atoms with Gasteiger partial charge in [-0.2, -0.15) is 5.26 Å². The van der Waals surface area contributed by atoms with E-state index in [0.29, 0.717) is 10.6 Å². The second-order valence-corrected chi connectivity index (χ2v) is 7.27. The monoisotopic (exact) mass is 334 g/mol. The second-order valence-electron chi connectivity index (χ2n) is 6.86. The van der Waals surface area contributed by atoms with Gasteiger partial charge in [-0.1, -0.05) is 54.1 Å². The average molecular weight is 335 g/mol. The molecule has 120 valence electrons. The number of fused-ring (bicyclic) bond motifs is 1. The first-order valence-electron chi connectivity index (χ1n) is 7.89. The molecule has 3 aromatic carbocycles. The van der Waals surface area contributed by atoms with E-state index >= 15 is 0 Å². The molecule has 0 atom stereocenters. The van der Waals surface area contributed by atoms with Crippen LogP contribution in [0.4, 0.5) is 5.69 Å². The summed E-state index contributed by atoms with van der Waals surface area (Å²) in [4.78, 5) is 0. The van der Waals surface area contributed by atoms with Gasteiger partial charge in [-0.25, -0.2) is 0 Å². The largest absolute Gasteiger partial charge is 0.379 e. The molecular formula is C21H19ClN2. The van der Waals surface area contributed by atoms with E-state index in [1.807, 2.05) is 48.5 Å². The molecule has 2 nitrogen and oxygen atoms in total. The highest BCUT2D eigenvalue weighted by molar-refractivity contribution is 6.33. The molecule has 24 heavy (non-hydrogen) atoms. The van der Waals surface area contributed by atoms with Crippen LogP contribution in [-0.2, 0) is 0 Å². The van der Waals surface area contributed by atoms with Crippen LogP contribution in [-0.4, -0.2) is 5.54 Å². The lowest BCUT2D eigenvalue weighted by molar-refractivity contribution is 0.634. The number of anilines is 1. The van der Waals surface area contributed by atoms with E-state index in [1.165, 1.54) is 0 Å². The molecule has 0 radical (unpaired) electrons. The molecule has 0 fully saturated rings. The Morgan fingerprint density at radius 1 is 0.958 bits per heavy atom. The maximum atomic E-state index is 9.83. The van der Waals surface area contributed by atoms with Gasteiger partial charge in [0.15, 0.2) is 0 Å². The van der Waals surface area contributed by atoms with Crippen LogP contribution in [0.2, 0.25) is 5.02 Å². The number of nitriles is 1. The topological polar surface area (TPSA) is 35.8 Å². The summed E-state index contributed by atoms with van der Waals surface area (Å²) in [5.74, 6) is 0. The zero-order chi connectivity index (χ0) is 17.3. The Kier molecular flexibility index (Phi) is 4.22. The number of nitrogens with one attached hydrogen (secondary N) is 1. The lowest BCUT2D eigenvalue weighted by Crippen LogP contribution is -2.27. The first-order valence-corrected chi connectivity index (χ1v) is 8.27. The molecule has 0 aliphatic rings. The molecule has 0 saturated heterocycles. The van der Waals surface area contributed by atoms with Gasteiger partial charge in [0.1, 0.15) is 6.07 Å². The SMILES string of the molecule is CC(C)(C)Nc1c(-c2ccccc2Cl)cc2ccccc2c1C#N. The van der Waals surface area contributed by atoms with Crippen molar-refractivity contribution in [1.29, 1.82) is 5.26 Å². The molecule has 0 aliphatic heterocycles. The van der Waals surface area contributed by atoms with E-state index in [-0.39, 0.29) is 5.54 Å². The molecular weight excluding hydrogens is 316 g/mol. The van der Waals surface area contributed by atoms with E-state index in [2.05, 4.69) is 38.2 Å². The van der Waals surface area contributed by atoms with Crippen molar-refractivity contribution < 1.29 is 0 Å². The van der Waals surface area contributed by atoms with Crippen molar-refractivity contribution in [1.82, 2.24) is 0 Å². The Hall–Kier alpha value is -2.50. The average Bonchev–Trinajstić information content (AvgIpc) is 2.53. The van der Waals surface area contributed by atoms with E-state index in [1.54, 1.807) is 0 Å². The third-order valence-corrected chi connectivity index (χ3v) is 4.15. The maximum absolute atomic E-state index is 9.83.